The van der Waals surface area contributed by atoms with Crippen molar-refractivity contribution in [3.8, 4) is 5.75 Å². The number of thiocarbonyl (C=S) groups is 1. The monoisotopic (exact) mass is 557 g/mol. The van der Waals surface area contributed by atoms with E-state index in [2.05, 4.69) is 20.0 Å². The number of nitrogens with zero attached hydrogens (tertiary/aromatic N) is 2. The highest BCUT2D eigenvalue weighted by Crippen LogP contribution is 2.24. The number of rotatable bonds is 8. The molecule has 0 atom stereocenters. The molecule has 3 aromatic rings. The normalized spacial score (nSPS) is 11.3. The van der Waals surface area contributed by atoms with Crippen molar-refractivity contribution in [3.05, 3.63) is 89.5 Å². The molecule has 0 spiro atoms. The highest BCUT2D eigenvalue weighted by Gasteiger charge is 2.30. The van der Waals surface area contributed by atoms with Crippen LogP contribution in [0.25, 0.3) is 0 Å². The number of nitrogens with one attached hydrogen (secondary N) is 2. The number of esters is 1. The summed E-state index contributed by atoms with van der Waals surface area (Å²) < 4.78 is 44.8. The van der Waals surface area contributed by atoms with Gasteiger partial charge in [-0.15, -0.1) is 13.2 Å². The number of alkyl halides is 3. The number of hydrogen-bond donors (Lipinski definition) is 3. The van der Waals surface area contributed by atoms with E-state index in [1.807, 2.05) is 0 Å². The van der Waals surface area contributed by atoms with Crippen LogP contribution in [0.5, 0.6) is 5.75 Å². The van der Waals surface area contributed by atoms with E-state index < -0.39 is 6.36 Å². The van der Waals surface area contributed by atoms with Gasteiger partial charge in [0.15, 0.2) is 0 Å². The molecule has 204 valence electrons. The van der Waals surface area contributed by atoms with Crippen molar-refractivity contribution in [2.24, 2.45) is 15.7 Å². The van der Waals surface area contributed by atoms with Crippen molar-refractivity contribution in [1.82, 2.24) is 0 Å². The third kappa shape index (κ3) is 11.6. The summed E-state index contributed by atoms with van der Waals surface area (Å²) in [5, 5.41) is 10.1. The van der Waals surface area contributed by atoms with E-state index in [0.29, 0.717) is 28.4 Å². The van der Waals surface area contributed by atoms with Crippen LogP contribution in [-0.4, -0.2) is 42.3 Å². The van der Waals surface area contributed by atoms with Crippen LogP contribution in [0.4, 0.5) is 24.5 Å². The second-order valence-corrected chi connectivity index (χ2v) is 8.16. The van der Waals surface area contributed by atoms with Gasteiger partial charge in [-0.25, -0.2) is 14.8 Å². The first-order valence-corrected chi connectivity index (χ1v) is 11.8. The molecule has 0 fully saturated rings. The van der Waals surface area contributed by atoms with E-state index in [0.717, 1.165) is 23.4 Å². The minimum absolute atomic E-state index is 0.229. The largest absolute Gasteiger partial charge is 0.573 e. The molecule has 0 aliphatic carbocycles. The van der Waals surface area contributed by atoms with Gasteiger partial charge in [0.1, 0.15) is 17.9 Å². The Labute approximate surface area is 228 Å². The first-order chi connectivity index (χ1) is 18.5. The highest BCUT2D eigenvalue weighted by molar-refractivity contribution is 7.80. The predicted octanol–water partition coefficient (Wildman–Crippen LogP) is 6.27. The molecule has 4 N–H and O–H groups in total. The molecule has 0 saturated carbocycles. The standard InChI is InChI=1S/C16H13F3N4O.C11H13NO2S/c17-16(18,19)24-14-7-5-13(6-8-14)22-10-23-15(21)12-3-1-11(9-20)2-4-12;1-3-14-11(13)9-4-6-10(7-5-9)12-8(2)15/h1-10,20H,(H2,21,22,23);4-7H,3H2,1-2H3,(H,12,15). The molecule has 0 radical (unpaired) electrons. The van der Waals surface area contributed by atoms with Gasteiger partial charge < -0.3 is 25.9 Å². The van der Waals surface area contributed by atoms with Crippen molar-refractivity contribution in [2.45, 2.75) is 20.2 Å². The number of carbonyl (C=O) groups is 1. The van der Waals surface area contributed by atoms with Crippen LogP contribution in [0.3, 0.4) is 0 Å². The number of nitrogens with two attached hydrogens (primary N) is 1. The number of aliphatic imine (C=N–C) groups is 2. The first kappa shape index (κ1) is 30.6. The van der Waals surface area contributed by atoms with Gasteiger partial charge in [-0.1, -0.05) is 36.5 Å². The molecule has 8 nitrogen and oxygen atoms in total. The summed E-state index contributed by atoms with van der Waals surface area (Å²) in [5.74, 6) is -0.397. The first-order valence-electron chi connectivity index (χ1n) is 11.4. The van der Waals surface area contributed by atoms with Crippen molar-refractivity contribution in [1.29, 1.82) is 5.41 Å². The Morgan fingerprint density at radius 2 is 1.62 bits per heavy atom. The van der Waals surface area contributed by atoms with Crippen molar-refractivity contribution in [3.63, 3.8) is 0 Å². The van der Waals surface area contributed by atoms with Crippen LogP contribution in [0.15, 0.2) is 82.8 Å². The second kappa shape index (κ2) is 15.0. The summed E-state index contributed by atoms with van der Waals surface area (Å²) in [6.45, 7) is 3.97. The number of hydrogen-bond acceptors (Lipinski definition) is 6. The molecular weight excluding hydrogens is 531 g/mol. The van der Waals surface area contributed by atoms with Gasteiger partial charge >= 0.3 is 12.3 Å². The van der Waals surface area contributed by atoms with Crippen LogP contribution in [0.1, 0.15) is 35.3 Å². The zero-order chi connectivity index (χ0) is 28.8. The quantitative estimate of drug-likeness (QED) is 0.130. The molecule has 12 heteroatoms. The summed E-state index contributed by atoms with van der Waals surface area (Å²) in [4.78, 5) is 19.9. The number of ether oxygens (including phenoxy) is 2. The molecule has 0 unspecified atom stereocenters. The summed E-state index contributed by atoms with van der Waals surface area (Å²) in [7, 11) is 0. The van der Waals surface area contributed by atoms with Crippen LogP contribution in [-0.2, 0) is 4.74 Å². The summed E-state index contributed by atoms with van der Waals surface area (Å²) >= 11 is 4.90. The minimum Gasteiger partial charge on any atom is -0.462 e. The molecule has 3 rings (SSSR count). The zero-order valence-corrected chi connectivity index (χ0v) is 21.8. The third-order valence-electron chi connectivity index (χ3n) is 4.56. The number of halogens is 3. The van der Waals surface area contributed by atoms with Gasteiger partial charge in [0.2, 0.25) is 0 Å². The lowest BCUT2D eigenvalue weighted by molar-refractivity contribution is -0.274. The summed E-state index contributed by atoms with van der Waals surface area (Å²) in [5.41, 5.74) is 9.03. The Morgan fingerprint density at radius 1 is 1.03 bits per heavy atom. The molecule has 0 aliphatic rings. The van der Waals surface area contributed by atoms with Crippen LogP contribution in [0.2, 0.25) is 0 Å². The topological polar surface area (TPSA) is 122 Å². The van der Waals surface area contributed by atoms with Crippen molar-refractivity contribution >= 4 is 52.9 Å². The van der Waals surface area contributed by atoms with E-state index in [1.165, 1.54) is 24.7 Å². The van der Waals surface area contributed by atoms with E-state index in [9.17, 15) is 18.0 Å². The molecule has 0 amide bonds. The maximum Gasteiger partial charge on any atom is 0.573 e. The molecule has 0 saturated heterocycles. The van der Waals surface area contributed by atoms with Crippen molar-refractivity contribution < 1.29 is 27.4 Å². The second-order valence-electron chi connectivity index (χ2n) is 7.55. The Hall–Kier alpha value is -4.58. The maximum atomic E-state index is 12.0. The molecule has 0 heterocycles. The van der Waals surface area contributed by atoms with E-state index >= 15 is 0 Å². The van der Waals surface area contributed by atoms with E-state index in [-0.39, 0.29) is 17.6 Å². The van der Waals surface area contributed by atoms with Gasteiger partial charge in [0.25, 0.3) is 0 Å². The number of anilines is 1. The van der Waals surface area contributed by atoms with Crippen LogP contribution < -0.4 is 15.8 Å². The summed E-state index contributed by atoms with van der Waals surface area (Å²) in [6.07, 6.45) is -2.30. The average molecular weight is 558 g/mol. The van der Waals surface area contributed by atoms with Gasteiger partial charge in [0.05, 0.1) is 22.8 Å². The fraction of sp³-hybridized carbons (Fsp3) is 0.148. The van der Waals surface area contributed by atoms with Crippen molar-refractivity contribution in [2.75, 3.05) is 11.9 Å². The Morgan fingerprint density at radius 3 is 2.13 bits per heavy atom. The lowest BCUT2D eigenvalue weighted by Gasteiger charge is -2.08. The van der Waals surface area contributed by atoms with Gasteiger partial charge in [-0.2, -0.15) is 0 Å². The van der Waals surface area contributed by atoms with Crippen LogP contribution in [0, 0.1) is 5.41 Å². The smallest absolute Gasteiger partial charge is 0.462 e. The molecule has 3 aromatic carbocycles. The van der Waals surface area contributed by atoms with E-state index in [4.69, 9.17) is 28.1 Å². The van der Waals surface area contributed by atoms with Gasteiger partial charge in [-0.05, 0) is 67.9 Å². The fourth-order valence-electron chi connectivity index (χ4n) is 2.82. The minimum atomic E-state index is -4.73. The van der Waals surface area contributed by atoms with Crippen LogP contribution >= 0.6 is 12.2 Å². The molecule has 0 bridgehead atoms. The lowest BCUT2D eigenvalue weighted by Crippen LogP contribution is -2.16. The number of carbonyl (C=O) groups excluding carboxylic acids is 1. The third-order valence-corrected chi connectivity index (χ3v) is 4.67. The van der Waals surface area contributed by atoms with Gasteiger partial charge in [0, 0.05) is 17.5 Å². The zero-order valence-electron chi connectivity index (χ0n) is 21.0. The summed E-state index contributed by atoms with van der Waals surface area (Å²) in [6, 6.07) is 18.9. The fourth-order valence-corrected chi connectivity index (χ4v) is 2.94. The highest BCUT2D eigenvalue weighted by atomic mass is 32.1. The predicted molar refractivity (Wildman–Crippen MR) is 151 cm³/mol. The molecule has 0 aromatic heterocycles. The molecule has 39 heavy (non-hydrogen) atoms. The molecule has 0 aliphatic heterocycles. The average Bonchev–Trinajstić information content (AvgIpc) is 2.89. The van der Waals surface area contributed by atoms with Gasteiger partial charge in [-0.3, -0.25) is 0 Å². The lowest BCUT2D eigenvalue weighted by atomic mass is 10.1. The SMILES string of the molecule is CCOC(=O)c1ccc(NC(C)=S)cc1.N=Cc1ccc(C(N)=NC=Nc2ccc(OC(F)(F)F)cc2)cc1. The Bertz CT molecular complexity index is 1310. The Kier molecular flexibility index (Phi) is 11.8. The Balaban J connectivity index is 0.000000306. The molecular formula is C27H26F3N5O3S. The number of benzene rings is 3. The number of amidine groups is 1. The maximum absolute atomic E-state index is 12.0. The van der Waals surface area contributed by atoms with E-state index in [1.54, 1.807) is 62.4 Å².